The van der Waals surface area contributed by atoms with Crippen LogP contribution in [0.5, 0.6) is 0 Å². The van der Waals surface area contributed by atoms with Crippen LogP contribution in [0.15, 0.2) is 30.3 Å². The maximum atomic E-state index is 11.9. The van der Waals surface area contributed by atoms with E-state index in [1.807, 2.05) is 30.3 Å². The zero-order valence-corrected chi connectivity index (χ0v) is 11.3. The van der Waals surface area contributed by atoms with E-state index in [-0.39, 0.29) is 17.8 Å². The number of esters is 1. The van der Waals surface area contributed by atoms with Gasteiger partial charge >= 0.3 is 5.97 Å². The van der Waals surface area contributed by atoms with Crippen LogP contribution in [0.25, 0.3) is 0 Å². The van der Waals surface area contributed by atoms with Crippen LogP contribution in [0, 0.1) is 5.92 Å². The van der Waals surface area contributed by atoms with E-state index < -0.39 is 0 Å². The molecule has 0 bridgehead atoms. The van der Waals surface area contributed by atoms with Gasteiger partial charge in [-0.25, -0.2) is 0 Å². The molecule has 3 nitrogen and oxygen atoms in total. The number of hydrogen-bond donors (Lipinski definition) is 1. The number of hydrogen-bond acceptors (Lipinski definition) is 3. The number of benzene rings is 1. The van der Waals surface area contributed by atoms with E-state index in [0.29, 0.717) is 6.54 Å². The van der Waals surface area contributed by atoms with Gasteiger partial charge < -0.3 is 10.5 Å². The highest BCUT2D eigenvalue weighted by Crippen LogP contribution is 2.29. The summed E-state index contributed by atoms with van der Waals surface area (Å²) in [5.74, 6) is -0.0539. The molecule has 3 heteroatoms. The Balaban J connectivity index is 2.76. The van der Waals surface area contributed by atoms with Gasteiger partial charge in [-0.3, -0.25) is 4.79 Å². The standard InChI is InChI=1S/C15H23NO2/c1-12(8-6-7-11-16)14(15(17)18-2)13-9-4-3-5-10-13/h3-5,9-10,12,14H,6-8,11,16H2,1-2H3. The summed E-state index contributed by atoms with van der Waals surface area (Å²) in [5, 5.41) is 0. The molecule has 100 valence electrons. The van der Waals surface area contributed by atoms with Crippen molar-refractivity contribution in [2.45, 2.75) is 32.1 Å². The van der Waals surface area contributed by atoms with Crippen LogP contribution in [0.3, 0.4) is 0 Å². The minimum atomic E-state index is -0.172. The third kappa shape index (κ3) is 4.15. The number of rotatable bonds is 7. The van der Waals surface area contributed by atoms with Gasteiger partial charge in [0.05, 0.1) is 13.0 Å². The number of carbonyl (C=O) groups excluding carboxylic acids is 1. The first-order valence-corrected chi connectivity index (χ1v) is 6.53. The quantitative estimate of drug-likeness (QED) is 0.597. The van der Waals surface area contributed by atoms with Crippen LogP contribution < -0.4 is 5.73 Å². The number of methoxy groups -OCH3 is 1. The summed E-state index contributed by atoms with van der Waals surface area (Å²) in [7, 11) is 1.45. The van der Waals surface area contributed by atoms with Crippen molar-refractivity contribution >= 4 is 5.97 Å². The van der Waals surface area contributed by atoms with Gasteiger partial charge in [0.1, 0.15) is 0 Å². The first-order chi connectivity index (χ1) is 8.70. The normalized spacial score (nSPS) is 13.9. The van der Waals surface area contributed by atoms with Crippen LogP contribution in [0.4, 0.5) is 0 Å². The van der Waals surface area contributed by atoms with E-state index in [1.165, 1.54) is 7.11 Å². The molecule has 2 atom stereocenters. The zero-order valence-electron chi connectivity index (χ0n) is 11.3. The van der Waals surface area contributed by atoms with E-state index in [9.17, 15) is 4.79 Å². The molecule has 0 fully saturated rings. The molecule has 1 rings (SSSR count). The molecule has 0 aliphatic rings. The Kier molecular flexibility index (Phi) is 6.44. The van der Waals surface area contributed by atoms with Gasteiger partial charge in [-0.2, -0.15) is 0 Å². The number of carbonyl (C=O) groups is 1. The van der Waals surface area contributed by atoms with Gasteiger partial charge in [-0.15, -0.1) is 0 Å². The van der Waals surface area contributed by atoms with Gasteiger partial charge in [0.15, 0.2) is 0 Å². The van der Waals surface area contributed by atoms with Crippen LogP contribution in [0.2, 0.25) is 0 Å². The Morgan fingerprint density at radius 2 is 1.94 bits per heavy atom. The summed E-state index contributed by atoms with van der Waals surface area (Å²) in [5.41, 5.74) is 6.53. The van der Waals surface area contributed by atoms with E-state index in [2.05, 4.69) is 6.92 Å². The highest BCUT2D eigenvalue weighted by atomic mass is 16.5. The molecule has 1 aromatic rings. The average Bonchev–Trinajstić information content (AvgIpc) is 2.40. The SMILES string of the molecule is COC(=O)C(c1ccccc1)C(C)CCCCN. The highest BCUT2D eigenvalue weighted by molar-refractivity contribution is 5.78. The first kappa shape index (κ1) is 14.7. The lowest BCUT2D eigenvalue weighted by molar-refractivity contribution is -0.143. The molecule has 0 radical (unpaired) electrons. The second kappa shape index (κ2) is 7.88. The van der Waals surface area contributed by atoms with E-state index in [4.69, 9.17) is 10.5 Å². The minimum Gasteiger partial charge on any atom is -0.469 e. The molecule has 0 aliphatic carbocycles. The lowest BCUT2D eigenvalue weighted by Gasteiger charge is -2.22. The lowest BCUT2D eigenvalue weighted by atomic mass is 9.84. The van der Waals surface area contributed by atoms with Crippen molar-refractivity contribution in [3.05, 3.63) is 35.9 Å². The maximum absolute atomic E-state index is 11.9. The molecule has 0 amide bonds. The van der Waals surface area contributed by atoms with Crippen molar-refractivity contribution in [3.8, 4) is 0 Å². The monoisotopic (exact) mass is 249 g/mol. The van der Waals surface area contributed by atoms with E-state index in [1.54, 1.807) is 0 Å². The summed E-state index contributed by atoms with van der Waals surface area (Å²) >= 11 is 0. The van der Waals surface area contributed by atoms with Crippen molar-refractivity contribution in [1.29, 1.82) is 0 Å². The molecular weight excluding hydrogens is 226 g/mol. The topological polar surface area (TPSA) is 52.3 Å². The fourth-order valence-corrected chi connectivity index (χ4v) is 2.26. The Bertz CT molecular complexity index is 351. The van der Waals surface area contributed by atoms with Gasteiger partial charge in [0.25, 0.3) is 0 Å². The molecule has 0 spiro atoms. The summed E-state index contributed by atoms with van der Waals surface area (Å²) in [4.78, 5) is 11.9. The molecule has 2 unspecified atom stereocenters. The fourth-order valence-electron chi connectivity index (χ4n) is 2.26. The van der Waals surface area contributed by atoms with E-state index >= 15 is 0 Å². The third-order valence-corrected chi connectivity index (χ3v) is 3.30. The Labute approximate surface area is 109 Å². The molecule has 1 aromatic carbocycles. The second-order valence-electron chi connectivity index (χ2n) is 4.67. The average molecular weight is 249 g/mol. The molecular formula is C15H23NO2. The molecule has 0 heterocycles. The number of nitrogens with two attached hydrogens (primary N) is 1. The van der Waals surface area contributed by atoms with Gasteiger partial charge in [0, 0.05) is 0 Å². The minimum absolute atomic E-state index is 0.151. The predicted molar refractivity (Wildman–Crippen MR) is 73.3 cm³/mol. The molecule has 0 saturated carbocycles. The van der Waals surface area contributed by atoms with Crippen molar-refractivity contribution in [2.24, 2.45) is 11.7 Å². The summed E-state index contributed by atoms with van der Waals surface area (Å²) in [6.45, 7) is 2.81. The largest absolute Gasteiger partial charge is 0.469 e. The Morgan fingerprint density at radius 1 is 1.28 bits per heavy atom. The van der Waals surface area contributed by atoms with E-state index in [0.717, 1.165) is 24.8 Å². The summed E-state index contributed by atoms with van der Waals surface area (Å²) in [6.07, 6.45) is 3.05. The molecule has 18 heavy (non-hydrogen) atoms. The van der Waals surface area contributed by atoms with Crippen molar-refractivity contribution in [2.75, 3.05) is 13.7 Å². The van der Waals surface area contributed by atoms with Gasteiger partial charge in [0.2, 0.25) is 0 Å². The molecule has 0 aliphatic heterocycles. The van der Waals surface area contributed by atoms with Crippen LogP contribution in [-0.4, -0.2) is 19.6 Å². The van der Waals surface area contributed by atoms with Crippen LogP contribution in [0.1, 0.15) is 37.7 Å². The highest BCUT2D eigenvalue weighted by Gasteiger charge is 2.27. The smallest absolute Gasteiger partial charge is 0.313 e. The van der Waals surface area contributed by atoms with Crippen LogP contribution >= 0.6 is 0 Å². The zero-order chi connectivity index (χ0) is 13.4. The second-order valence-corrected chi connectivity index (χ2v) is 4.67. The van der Waals surface area contributed by atoms with Crippen molar-refractivity contribution < 1.29 is 9.53 Å². The fraction of sp³-hybridized carbons (Fsp3) is 0.533. The molecule has 0 aromatic heterocycles. The molecule has 2 N–H and O–H groups in total. The lowest BCUT2D eigenvalue weighted by Crippen LogP contribution is -2.21. The van der Waals surface area contributed by atoms with Crippen molar-refractivity contribution in [1.82, 2.24) is 0 Å². The maximum Gasteiger partial charge on any atom is 0.313 e. The number of unbranched alkanes of at least 4 members (excludes halogenated alkanes) is 1. The Morgan fingerprint density at radius 3 is 2.50 bits per heavy atom. The number of ether oxygens (including phenoxy) is 1. The molecule has 0 saturated heterocycles. The summed E-state index contributed by atoms with van der Waals surface area (Å²) < 4.78 is 4.93. The first-order valence-electron chi connectivity index (χ1n) is 6.53. The Hall–Kier alpha value is -1.35. The predicted octanol–water partition coefficient (Wildman–Crippen LogP) is 2.71. The third-order valence-electron chi connectivity index (χ3n) is 3.30. The van der Waals surface area contributed by atoms with Crippen molar-refractivity contribution in [3.63, 3.8) is 0 Å². The van der Waals surface area contributed by atoms with Gasteiger partial charge in [-0.05, 0) is 30.9 Å². The summed E-state index contributed by atoms with van der Waals surface area (Å²) in [6, 6.07) is 9.84. The van der Waals surface area contributed by atoms with Crippen LogP contribution in [-0.2, 0) is 9.53 Å². The van der Waals surface area contributed by atoms with Gasteiger partial charge in [-0.1, -0.05) is 43.7 Å².